The zero-order chi connectivity index (χ0) is 13.8. The van der Waals surface area contributed by atoms with Gasteiger partial charge < -0.3 is 4.74 Å². The number of aromatic nitrogens is 1. The molecule has 4 nitrogen and oxygen atoms in total. The average molecular weight is 250 g/mol. The predicted molar refractivity (Wildman–Crippen MR) is 72.6 cm³/mol. The smallest absolute Gasteiger partial charge is 0.412 e. The minimum atomic E-state index is -0.491. The Morgan fingerprint density at radius 1 is 1.39 bits per heavy atom. The summed E-state index contributed by atoms with van der Waals surface area (Å²) in [6, 6.07) is 3.77. The molecule has 0 saturated carbocycles. The summed E-state index contributed by atoms with van der Waals surface area (Å²) < 4.78 is 5.16. The predicted octanol–water partition coefficient (Wildman–Crippen LogP) is 3.63. The van der Waals surface area contributed by atoms with Crippen LogP contribution in [0.15, 0.2) is 18.3 Å². The van der Waals surface area contributed by atoms with Crippen molar-refractivity contribution in [1.82, 2.24) is 4.98 Å². The van der Waals surface area contributed by atoms with Crippen LogP contribution in [0, 0.1) is 5.92 Å². The molecular weight excluding hydrogens is 228 g/mol. The van der Waals surface area contributed by atoms with Crippen LogP contribution in [0.1, 0.15) is 40.3 Å². The molecule has 18 heavy (non-hydrogen) atoms. The van der Waals surface area contributed by atoms with E-state index >= 15 is 0 Å². The molecule has 0 spiro atoms. The molecule has 1 heterocycles. The fourth-order valence-corrected chi connectivity index (χ4v) is 1.46. The zero-order valence-corrected chi connectivity index (χ0v) is 11.8. The van der Waals surface area contributed by atoms with Gasteiger partial charge in [0, 0.05) is 5.69 Å². The number of nitrogens with one attached hydrogen (secondary N) is 1. The first-order chi connectivity index (χ1) is 8.26. The van der Waals surface area contributed by atoms with Crippen molar-refractivity contribution in [2.24, 2.45) is 5.92 Å². The number of rotatable bonds is 3. The number of carbonyl (C=O) groups is 1. The highest BCUT2D eigenvalue weighted by atomic mass is 16.6. The summed E-state index contributed by atoms with van der Waals surface area (Å²) in [6.45, 7) is 9.78. The summed E-state index contributed by atoms with van der Waals surface area (Å²) in [4.78, 5) is 15.8. The molecule has 1 rings (SSSR count). The van der Waals surface area contributed by atoms with Crippen molar-refractivity contribution in [2.45, 2.75) is 46.6 Å². The van der Waals surface area contributed by atoms with Crippen molar-refractivity contribution in [3.63, 3.8) is 0 Å². The van der Waals surface area contributed by atoms with E-state index in [0.29, 0.717) is 11.6 Å². The maximum Gasteiger partial charge on any atom is 0.412 e. The summed E-state index contributed by atoms with van der Waals surface area (Å²) in [6.07, 6.45) is 2.13. The van der Waals surface area contributed by atoms with Crippen LogP contribution in [-0.4, -0.2) is 16.7 Å². The van der Waals surface area contributed by atoms with E-state index in [1.807, 2.05) is 32.9 Å². The lowest BCUT2D eigenvalue weighted by Crippen LogP contribution is -2.27. The number of ether oxygens (including phenoxy) is 1. The van der Waals surface area contributed by atoms with Crippen LogP contribution in [0.5, 0.6) is 0 Å². The number of hydrogen-bond acceptors (Lipinski definition) is 3. The Kier molecular flexibility index (Phi) is 4.70. The third-order valence-corrected chi connectivity index (χ3v) is 2.09. The maximum absolute atomic E-state index is 11.5. The quantitative estimate of drug-likeness (QED) is 0.891. The van der Waals surface area contributed by atoms with Gasteiger partial charge in [-0.2, -0.15) is 0 Å². The molecule has 1 amide bonds. The van der Waals surface area contributed by atoms with Crippen molar-refractivity contribution in [3.8, 4) is 0 Å². The highest BCUT2D eigenvalue weighted by Gasteiger charge is 2.16. The van der Waals surface area contributed by atoms with Gasteiger partial charge in [-0.3, -0.25) is 10.3 Å². The van der Waals surface area contributed by atoms with E-state index in [2.05, 4.69) is 24.1 Å². The van der Waals surface area contributed by atoms with Crippen molar-refractivity contribution in [1.29, 1.82) is 0 Å². The summed E-state index contributed by atoms with van der Waals surface area (Å²) in [5, 5.41) is 2.66. The van der Waals surface area contributed by atoms with Gasteiger partial charge in [-0.05, 0) is 45.2 Å². The van der Waals surface area contributed by atoms with Crippen LogP contribution in [0.2, 0.25) is 0 Å². The third kappa shape index (κ3) is 5.66. The number of nitrogens with zero attached hydrogens (tertiary/aromatic N) is 1. The monoisotopic (exact) mass is 250 g/mol. The number of pyridine rings is 1. The van der Waals surface area contributed by atoms with Gasteiger partial charge in [0.1, 0.15) is 5.60 Å². The molecule has 0 aliphatic heterocycles. The Hall–Kier alpha value is -1.58. The Labute approximate surface area is 109 Å². The second kappa shape index (κ2) is 5.85. The molecule has 0 atom stereocenters. The Morgan fingerprint density at radius 2 is 2.06 bits per heavy atom. The summed E-state index contributed by atoms with van der Waals surface area (Å²) in [5.41, 5.74) is 1.19. The van der Waals surface area contributed by atoms with E-state index in [0.717, 1.165) is 12.1 Å². The second-order valence-corrected chi connectivity index (χ2v) is 5.76. The molecule has 0 saturated heterocycles. The van der Waals surface area contributed by atoms with Gasteiger partial charge in [-0.25, -0.2) is 4.79 Å². The number of carbonyl (C=O) groups excluding carboxylic acids is 1. The van der Waals surface area contributed by atoms with E-state index in [9.17, 15) is 4.79 Å². The Bertz CT molecular complexity index is 391. The van der Waals surface area contributed by atoms with E-state index in [1.165, 1.54) is 0 Å². The number of hydrogen-bond donors (Lipinski definition) is 1. The molecule has 100 valence electrons. The highest BCUT2D eigenvalue weighted by Crippen LogP contribution is 2.12. The fraction of sp³-hybridized carbons (Fsp3) is 0.571. The lowest BCUT2D eigenvalue weighted by atomic mass is 10.1. The minimum absolute atomic E-state index is 0.457. The topological polar surface area (TPSA) is 51.2 Å². The van der Waals surface area contributed by atoms with Crippen molar-refractivity contribution in [2.75, 3.05) is 5.32 Å². The molecule has 4 heteroatoms. The van der Waals surface area contributed by atoms with Crippen molar-refractivity contribution in [3.05, 3.63) is 24.0 Å². The van der Waals surface area contributed by atoms with E-state index in [1.54, 1.807) is 6.20 Å². The van der Waals surface area contributed by atoms with Crippen molar-refractivity contribution < 1.29 is 9.53 Å². The van der Waals surface area contributed by atoms with Crippen LogP contribution < -0.4 is 5.32 Å². The molecule has 0 unspecified atom stereocenters. The van der Waals surface area contributed by atoms with Gasteiger partial charge in [-0.1, -0.05) is 13.8 Å². The normalized spacial score (nSPS) is 11.4. The Morgan fingerprint density at radius 3 is 2.50 bits per heavy atom. The van der Waals surface area contributed by atoms with E-state index in [4.69, 9.17) is 4.74 Å². The molecule has 1 aromatic heterocycles. The Balaban J connectivity index is 2.56. The molecule has 0 radical (unpaired) electrons. The van der Waals surface area contributed by atoms with Gasteiger partial charge in [0.2, 0.25) is 0 Å². The van der Waals surface area contributed by atoms with Gasteiger partial charge in [0.15, 0.2) is 0 Å². The lowest BCUT2D eigenvalue weighted by molar-refractivity contribution is 0.0636. The minimum Gasteiger partial charge on any atom is -0.444 e. The SMILES string of the molecule is CC(C)Cc1ccc(NC(=O)OC(C)(C)C)cn1. The van der Waals surface area contributed by atoms with Crippen molar-refractivity contribution >= 4 is 11.8 Å². The van der Waals surface area contributed by atoms with Crippen LogP contribution in [0.25, 0.3) is 0 Å². The van der Waals surface area contributed by atoms with Crippen LogP contribution >= 0.6 is 0 Å². The fourth-order valence-electron chi connectivity index (χ4n) is 1.46. The van der Waals surface area contributed by atoms with Crippen LogP contribution in [-0.2, 0) is 11.2 Å². The zero-order valence-electron chi connectivity index (χ0n) is 11.8. The summed E-state index contributed by atoms with van der Waals surface area (Å²) in [5.74, 6) is 0.571. The maximum atomic E-state index is 11.5. The first kappa shape index (κ1) is 14.5. The van der Waals surface area contributed by atoms with Gasteiger partial charge >= 0.3 is 6.09 Å². The molecule has 1 aromatic rings. The van der Waals surface area contributed by atoms with Crippen LogP contribution in [0.3, 0.4) is 0 Å². The molecule has 1 N–H and O–H groups in total. The molecule has 0 aliphatic rings. The summed E-state index contributed by atoms with van der Waals surface area (Å²) in [7, 11) is 0. The molecule has 0 aromatic carbocycles. The lowest BCUT2D eigenvalue weighted by Gasteiger charge is -2.19. The average Bonchev–Trinajstić information content (AvgIpc) is 2.17. The largest absolute Gasteiger partial charge is 0.444 e. The number of anilines is 1. The molecular formula is C14H22N2O2. The highest BCUT2D eigenvalue weighted by molar-refractivity contribution is 5.84. The second-order valence-electron chi connectivity index (χ2n) is 5.76. The van der Waals surface area contributed by atoms with Gasteiger partial charge in [0.25, 0.3) is 0 Å². The molecule has 0 bridgehead atoms. The summed E-state index contributed by atoms with van der Waals surface area (Å²) >= 11 is 0. The number of amides is 1. The van der Waals surface area contributed by atoms with E-state index < -0.39 is 11.7 Å². The molecule has 0 aliphatic carbocycles. The van der Waals surface area contributed by atoms with Gasteiger partial charge in [-0.15, -0.1) is 0 Å². The molecule has 0 fully saturated rings. The first-order valence-electron chi connectivity index (χ1n) is 6.21. The third-order valence-electron chi connectivity index (χ3n) is 2.09. The first-order valence-corrected chi connectivity index (χ1v) is 6.21. The standard InChI is InChI=1S/C14H22N2O2/c1-10(2)8-11-6-7-12(9-15-11)16-13(17)18-14(3,4)5/h6-7,9-10H,8H2,1-5H3,(H,16,17). The van der Waals surface area contributed by atoms with Crippen LogP contribution in [0.4, 0.5) is 10.5 Å². The van der Waals surface area contributed by atoms with Gasteiger partial charge in [0.05, 0.1) is 11.9 Å². The van der Waals surface area contributed by atoms with E-state index in [-0.39, 0.29) is 0 Å².